The minimum absolute atomic E-state index is 0.124. The van der Waals surface area contributed by atoms with Crippen LogP contribution in [0.25, 0.3) is 11.0 Å². The molecule has 5 nitrogen and oxygen atoms in total. The highest BCUT2D eigenvalue weighted by Gasteiger charge is 2.15. The number of aromatic nitrogens is 2. The Bertz CT molecular complexity index is 1450. The molecule has 0 saturated heterocycles. The van der Waals surface area contributed by atoms with Crippen LogP contribution in [-0.2, 0) is 24.4 Å². The van der Waals surface area contributed by atoms with Crippen LogP contribution in [0.15, 0.2) is 103 Å². The van der Waals surface area contributed by atoms with Gasteiger partial charge in [0.1, 0.15) is 24.7 Å². The van der Waals surface area contributed by atoms with Crippen LogP contribution in [0.4, 0.5) is 5.69 Å². The summed E-state index contributed by atoms with van der Waals surface area (Å²) in [5.41, 5.74) is 4.77. The van der Waals surface area contributed by atoms with Crippen molar-refractivity contribution in [2.75, 3.05) is 5.32 Å². The number of hydrogen-bond donors (Lipinski definition) is 1. The van der Waals surface area contributed by atoms with E-state index < -0.39 is 0 Å². The molecule has 1 N–H and O–H groups in total. The summed E-state index contributed by atoms with van der Waals surface area (Å²) in [5.74, 6) is 1.24. The van der Waals surface area contributed by atoms with Crippen LogP contribution in [0.2, 0.25) is 5.02 Å². The Morgan fingerprint density at radius 3 is 2.40 bits per heavy atom. The normalized spacial score (nSPS) is 10.9. The van der Waals surface area contributed by atoms with Gasteiger partial charge in [0.05, 0.1) is 11.0 Å². The molecule has 0 atom stereocenters. The molecule has 1 heterocycles. The van der Waals surface area contributed by atoms with Gasteiger partial charge < -0.3 is 14.6 Å². The zero-order chi connectivity index (χ0) is 24.0. The summed E-state index contributed by atoms with van der Waals surface area (Å²) >= 11 is 5.97. The van der Waals surface area contributed by atoms with E-state index in [0.717, 1.165) is 28.7 Å². The molecule has 4 aromatic carbocycles. The summed E-state index contributed by atoms with van der Waals surface area (Å²) in [5, 5.41) is 3.75. The Kier molecular flexibility index (Phi) is 6.77. The predicted molar refractivity (Wildman–Crippen MR) is 140 cm³/mol. The standard InChI is InChI=1S/C29H24ClN3O2/c30-23-14-16-24(17-15-23)35-20-28-31-26-12-6-7-13-27(26)33(28)19-29(34)32-25-11-5-4-10-22(25)18-21-8-2-1-3-9-21/h1-17H,18-20H2,(H,32,34). The highest BCUT2D eigenvalue weighted by molar-refractivity contribution is 6.30. The van der Waals surface area contributed by atoms with Crippen LogP contribution in [0.3, 0.4) is 0 Å². The molecule has 1 amide bonds. The highest BCUT2D eigenvalue weighted by Crippen LogP contribution is 2.22. The number of carbonyl (C=O) groups is 1. The van der Waals surface area contributed by atoms with Crippen LogP contribution >= 0.6 is 11.6 Å². The van der Waals surface area contributed by atoms with Gasteiger partial charge in [-0.15, -0.1) is 0 Å². The van der Waals surface area contributed by atoms with Crippen molar-refractivity contribution < 1.29 is 9.53 Å². The first-order chi connectivity index (χ1) is 17.2. The van der Waals surface area contributed by atoms with Crippen molar-refractivity contribution in [3.8, 4) is 5.75 Å². The van der Waals surface area contributed by atoms with E-state index in [1.807, 2.05) is 83.4 Å². The number of amides is 1. The molecule has 5 aromatic rings. The fourth-order valence-corrected chi connectivity index (χ4v) is 4.16. The molecular formula is C29H24ClN3O2. The van der Waals surface area contributed by atoms with Crippen LogP contribution in [0.1, 0.15) is 17.0 Å². The number of rotatable bonds is 8. The fraction of sp³-hybridized carbons (Fsp3) is 0.103. The SMILES string of the molecule is O=C(Cn1c(COc2ccc(Cl)cc2)nc2ccccc21)Nc1ccccc1Cc1ccccc1. The Hall–Kier alpha value is -4.09. The van der Waals surface area contributed by atoms with Crippen molar-refractivity contribution in [3.05, 3.63) is 125 Å². The maximum atomic E-state index is 13.2. The summed E-state index contributed by atoms with van der Waals surface area (Å²) in [6.07, 6.45) is 0.742. The largest absolute Gasteiger partial charge is 0.486 e. The predicted octanol–water partition coefficient (Wildman–Crippen LogP) is 6.50. The van der Waals surface area contributed by atoms with Gasteiger partial charge in [0.25, 0.3) is 0 Å². The minimum Gasteiger partial charge on any atom is -0.486 e. The van der Waals surface area contributed by atoms with Crippen LogP contribution in [0.5, 0.6) is 5.75 Å². The molecule has 0 radical (unpaired) electrons. The first-order valence-corrected chi connectivity index (χ1v) is 11.8. The number of imidazole rings is 1. The first-order valence-electron chi connectivity index (χ1n) is 11.4. The van der Waals surface area contributed by atoms with E-state index in [4.69, 9.17) is 21.3 Å². The van der Waals surface area contributed by atoms with Gasteiger partial charge in [-0.05, 0) is 60.0 Å². The van der Waals surface area contributed by atoms with Crippen LogP contribution < -0.4 is 10.1 Å². The third-order valence-electron chi connectivity index (χ3n) is 5.75. The van der Waals surface area contributed by atoms with Crippen LogP contribution in [-0.4, -0.2) is 15.5 Å². The summed E-state index contributed by atoms with van der Waals surface area (Å²) in [4.78, 5) is 17.9. The van der Waals surface area contributed by atoms with Crippen molar-refractivity contribution in [3.63, 3.8) is 0 Å². The summed E-state index contributed by atoms with van der Waals surface area (Å²) in [7, 11) is 0. The number of ether oxygens (including phenoxy) is 1. The Morgan fingerprint density at radius 1 is 0.857 bits per heavy atom. The van der Waals surface area contributed by atoms with E-state index >= 15 is 0 Å². The molecule has 174 valence electrons. The molecule has 0 bridgehead atoms. The van der Waals surface area contributed by atoms with Gasteiger partial charge >= 0.3 is 0 Å². The lowest BCUT2D eigenvalue weighted by Gasteiger charge is -2.14. The third-order valence-corrected chi connectivity index (χ3v) is 6.00. The fourth-order valence-electron chi connectivity index (χ4n) is 4.04. The van der Waals surface area contributed by atoms with Gasteiger partial charge in [-0.25, -0.2) is 4.98 Å². The molecule has 0 unspecified atom stereocenters. The number of carbonyl (C=O) groups excluding carboxylic acids is 1. The molecular weight excluding hydrogens is 458 g/mol. The lowest BCUT2D eigenvalue weighted by molar-refractivity contribution is -0.116. The maximum absolute atomic E-state index is 13.2. The maximum Gasteiger partial charge on any atom is 0.244 e. The highest BCUT2D eigenvalue weighted by atomic mass is 35.5. The molecule has 6 heteroatoms. The number of fused-ring (bicyclic) bond motifs is 1. The van der Waals surface area contributed by atoms with Crippen LogP contribution in [0, 0.1) is 0 Å². The number of anilines is 1. The molecule has 0 fully saturated rings. The topological polar surface area (TPSA) is 56.2 Å². The lowest BCUT2D eigenvalue weighted by Crippen LogP contribution is -2.21. The zero-order valence-electron chi connectivity index (χ0n) is 19.0. The Labute approximate surface area is 209 Å². The van der Waals surface area contributed by atoms with E-state index in [1.165, 1.54) is 5.56 Å². The van der Waals surface area contributed by atoms with Crippen molar-refractivity contribution in [2.24, 2.45) is 0 Å². The number of nitrogens with one attached hydrogen (secondary N) is 1. The second-order valence-corrected chi connectivity index (χ2v) is 8.65. The molecule has 0 spiro atoms. The number of benzene rings is 4. The van der Waals surface area contributed by atoms with E-state index in [2.05, 4.69) is 17.4 Å². The van der Waals surface area contributed by atoms with Crippen molar-refractivity contribution in [1.29, 1.82) is 0 Å². The van der Waals surface area contributed by atoms with Gasteiger partial charge in [-0.2, -0.15) is 0 Å². The van der Waals surface area contributed by atoms with Crippen molar-refractivity contribution in [1.82, 2.24) is 9.55 Å². The summed E-state index contributed by atoms with van der Waals surface area (Å²) in [6.45, 7) is 0.355. The molecule has 0 aliphatic carbocycles. The number of hydrogen-bond acceptors (Lipinski definition) is 3. The van der Waals surface area contributed by atoms with Gasteiger partial charge in [0, 0.05) is 10.7 Å². The second-order valence-electron chi connectivity index (χ2n) is 8.21. The third kappa shape index (κ3) is 5.53. The first kappa shape index (κ1) is 22.7. The van der Waals surface area contributed by atoms with Gasteiger partial charge in [-0.3, -0.25) is 4.79 Å². The van der Waals surface area contributed by atoms with Crippen molar-refractivity contribution in [2.45, 2.75) is 19.6 Å². The van der Waals surface area contributed by atoms with E-state index in [9.17, 15) is 4.79 Å². The smallest absolute Gasteiger partial charge is 0.244 e. The zero-order valence-corrected chi connectivity index (χ0v) is 19.8. The molecule has 0 aliphatic heterocycles. The molecule has 35 heavy (non-hydrogen) atoms. The number of para-hydroxylation sites is 3. The molecule has 5 rings (SSSR count). The quantitative estimate of drug-likeness (QED) is 0.275. The second kappa shape index (κ2) is 10.5. The van der Waals surface area contributed by atoms with E-state index in [1.54, 1.807) is 12.1 Å². The van der Waals surface area contributed by atoms with E-state index in [-0.39, 0.29) is 19.1 Å². The summed E-state index contributed by atoms with van der Waals surface area (Å²) in [6, 6.07) is 33.1. The average molecular weight is 482 g/mol. The monoisotopic (exact) mass is 481 g/mol. The van der Waals surface area contributed by atoms with Crippen molar-refractivity contribution >= 4 is 34.2 Å². The Balaban J connectivity index is 1.35. The minimum atomic E-state index is -0.124. The Morgan fingerprint density at radius 2 is 1.57 bits per heavy atom. The van der Waals surface area contributed by atoms with Gasteiger partial charge in [0.2, 0.25) is 5.91 Å². The number of nitrogens with zero attached hydrogens (tertiary/aromatic N) is 2. The summed E-state index contributed by atoms with van der Waals surface area (Å²) < 4.78 is 7.83. The van der Waals surface area contributed by atoms with Gasteiger partial charge in [-0.1, -0.05) is 72.3 Å². The average Bonchev–Trinajstić information content (AvgIpc) is 3.22. The van der Waals surface area contributed by atoms with Gasteiger partial charge in [0.15, 0.2) is 0 Å². The molecule has 0 saturated carbocycles. The molecule has 1 aromatic heterocycles. The molecule has 0 aliphatic rings. The van der Waals surface area contributed by atoms with E-state index in [0.29, 0.717) is 16.6 Å². The number of halogens is 1. The lowest BCUT2D eigenvalue weighted by atomic mass is 10.0.